The van der Waals surface area contributed by atoms with Crippen LogP contribution in [0.3, 0.4) is 0 Å². The quantitative estimate of drug-likeness (QED) is 0.586. The van der Waals surface area contributed by atoms with Gasteiger partial charge in [0, 0.05) is 17.8 Å². The van der Waals surface area contributed by atoms with E-state index in [1.807, 2.05) is 12.4 Å². The lowest BCUT2D eigenvalue weighted by Crippen LogP contribution is -2.15. The Morgan fingerprint density at radius 3 is 2.36 bits per heavy atom. The van der Waals surface area contributed by atoms with Gasteiger partial charge >= 0.3 is 0 Å². The number of hydrogen-bond acceptors (Lipinski definition) is 1. The van der Waals surface area contributed by atoms with Crippen LogP contribution in [-0.2, 0) is 5.41 Å². The van der Waals surface area contributed by atoms with E-state index in [1.165, 1.54) is 38.9 Å². The Morgan fingerprint density at radius 1 is 0.818 bits per heavy atom. The van der Waals surface area contributed by atoms with Gasteiger partial charge in [-0.3, -0.25) is 4.98 Å². The number of pyridine rings is 1. The molecule has 4 rings (SSSR count). The molecule has 2 aromatic carbocycles. The van der Waals surface area contributed by atoms with Crippen molar-refractivity contribution in [3.63, 3.8) is 0 Å². The molecule has 0 aliphatic heterocycles. The van der Waals surface area contributed by atoms with Crippen molar-refractivity contribution in [3.05, 3.63) is 77.6 Å². The maximum absolute atomic E-state index is 4.12. The van der Waals surface area contributed by atoms with Crippen LogP contribution in [0.1, 0.15) is 30.5 Å². The van der Waals surface area contributed by atoms with E-state index in [0.29, 0.717) is 0 Å². The summed E-state index contributed by atoms with van der Waals surface area (Å²) in [4.78, 5) is 4.12. The minimum atomic E-state index is 0.0553. The van der Waals surface area contributed by atoms with Gasteiger partial charge in [0.2, 0.25) is 0 Å². The van der Waals surface area contributed by atoms with Crippen molar-refractivity contribution in [1.29, 1.82) is 0 Å². The van der Waals surface area contributed by atoms with Crippen molar-refractivity contribution < 1.29 is 0 Å². The molecule has 1 nitrogen and oxygen atoms in total. The first-order valence-electron chi connectivity index (χ1n) is 7.74. The minimum absolute atomic E-state index is 0.0553. The lowest BCUT2D eigenvalue weighted by molar-refractivity contribution is 0.660. The zero-order valence-corrected chi connectivity index (χ0v) is 13.2. The van der Waals surface area contributed by atoms with Gasteiger partial charge < -0.3 is 0 Å². The molecule has 0 fully saturated rings. The Morgan fingerprint density at radius 2 is 1.59 bits per heavy atom. The molecule has 1 aromatic heterocycles. The van der Waals surface area contributed by atoms with Gasteiger partial charge in [-0.15, -0.1) is 0 Å². The summed E-state index contributed by atoms with van der Waals surface area (Å²) in [6, 6.07) is 17.7. The Hall–Kier alpha value is -2.41. The molecule has 1 heterocycles. The fourth-order valence-corrected chi connectivity index (χ4v) is 3.69. The van der Waals surface area contributed by atoms with Crippen molar-refractivity contribution in [3.8, 4) is 22.3 Å². The standard InChI is InChI=1S/C21H19N/c1-14-5-4-6-18-20(14)17-8-7-16(13-19(17)21(18,2)3)15-9-11-22-12-10-15/h4-13H,1-3H3. The molecule has 0 radical (unpaired) electrons. The Balaban J connectivity index is 1.97. The fourth-order valence-electron chi connectivity index (χ4n) is 3.69. The average molecular weight is 285 g/mol. The van der Waals surface area contributed by atoms with Crippen LogP contribution < -0.4 is 0 Å². The molecule has 0 saturated heterocycles. The summed E-state index contributed by atoms with van der Waals surface area (Å²) in [6.07, 6.45) is 3.71. The third kappa shape index (κ3) is 1.75. The van der Waals surface area contributed by atoms with E-state index in [-0.39, 0.29) is 5.41 Å². The Kier molecular flexibility index (Phi) is 2.74. The topological polar surface area (TPSA) is 12.9 Å². The summed E-state index contributed by atoms with van der Waals surface area (Å²) in [5.41, 5.74) is 9.57. The van der Waals surface area contributed by atoms with Crippen LogP contribution >= 0.6 is 0 Å². The van der Waals surface area contributed by atoms with Crippen molar-refractivity contribution in [2.75, 3.05) is 0 Å². The van der Waals surface area contributed by atoms with E-state index in [1.54, 1.807) is 0 Å². The van der Waals surface area contributed by atoms with Crippen molar-refractivity contribution in [2.45, 2.75) is 26.2 Å². The summed E-state index contributed by atoms with van der Waals surface area (Å²) in [5.74, 6) is 0. The van der Waals surface area contributed by atoms with E-state index >= 15 is 0 Å². The first-order chi connectivity index (χ1) is 10.6. The molecule has 1 heteroatoms. The predicted octanol–water partition coefficient (Wildman–Crippen LogP) is 5.36. The number of rotatable bonds is 1. The van der Waals surface area contributed by atoms with Crippen LogP contribution in [-0.4, -0.2) is 4.98 Å². The Bertz CT molecular complexity index is 860. The van der Waals surface area contributed by atoms with Crippen LogP contribution in [0, 0.1) is 6.92 Å². The van der Waals surface area contributed by atoms with Gasteiger partial charge in [0.25, 0.3) is 0 Å². The Labute approximate surface area is 131 Å². The summed E-state index contributed by atoms with van der Waals surface area (Å²) >= 11 is 0. The first-order valence-corrected chi connectivity index (χ1v) is 7.74. The second-order valence-electron chi connectivity index (χ2n) is 6.62. The monoisotopic (exact) mass is 285 g/mol. The molecule has 3 aromatic rings. The second kappa shape index (κ2) is 4.54. The second-order valence-corrected chi connectivity index (χ2v) is 6.62. The average Bonchev–Trinajstić information content (AvgIpc) is 2.77. The normalized spacial score (nSPS) is 14.5. The van der Waals surface area contributed by atoms with Crippen molar-refractivity contribution in [1.82, 2.24) is 4.98 Å². The molecule has 0 bridgehead atoms. The third-order valence-corrected chi connectivity index (χ3v) is 4.92. The van der Waals surface area contributed by atoms with Crippen LogP contribution in [0.15, 0.2) is 60.9 Å². The number of benzene rings is 2. The number of aromatic nitrogens is 1. The van der Waals surface area contributed by atoms with Crippen molar-refractivity contribution >= 4 is 0 Å². The summed E-state index contributed by atoms with van der Waals surface area (Å²) < 4.78 is 0. The third-order valence-electron chi connectivity index (χ3n) is 4.92. The van der Waals surface area contributed by atoms with Gasteiger partial charge in [0.15, 0.2) is 0 Å². The summed E-state index contributed by atoms with van der Waals surface area (Å²) in [6.45, 7) is 6.86. The fraction of sp³-hybridized carbons (Fsp3) is 0.190. The molecule has 0 amide bonds. The first kappa shape index (κ1) is 13.3. The molecule has 0 saturated carbocycles. The maximum atomic E-state index is 4.12. The number of nitrogens with zero attached hydrogens (tertiary/aromatic N) is 1. The van der Waals surface area contributed by atoms with Crippen molar-refractivity contribution in [2.24, 2.45) is 0 Å². The molecular weight excluding hydrogens is 266 g/mol. The molecule has 1 aliphatic rings. The lowest BCUT2D eigenvalue weighted by Gasteiger charge is -2.22. The SMILES string of the molecule is Cc1cccc2c1-c1ccc(-c3ccncc3)cc1C2(C)C. The van der Waals surface area contributed by atoms with Crippen LogP contribution in [0.2, 0.25) is 0 Å². The van der Waals surface area contributed by atoms with E-state index < -0.39 is 0 Å². The molecule has 22 heavy (non-hydrogen) atoms. The van der Waals surface area contributed by atoms with E-state index in [4.69, 9.17) is 0 Å². The molecular formula is C21H19N. The highest BCUT2D eigenvalue weighted by molar-refractivity contribution is 5.85. The van der Waals surface area contributed by atoms with Gasteiger partial charge in [0.05, 0.1) is 0 Å². The molecule has 0 spiro atoms. The van der Waals surface area contributed by atoms with Crippen LogP contribution in [0.5, 0.6) is 0 Å². The highest BCUT2D eigenvalue weighted by Gasteiger charge is 2.36. The van der Waals surface area contributed by atoms with Gasteiger partial charge in [-0.25, -0.2) is 0 Å². The van der Waals surface area contributed by atoms with Crippen LogP contribution in [0.4, 0.5) is 0 Å². The molecule has 0 atom stereocenters. The highest BCUT2D eigenvalue weighted by Crippen LogP contribution is 2.50. The zero-order valence-electron chi connectivity index (χ0n) is 13.2. The molecule has 0 N–H and O–H groups in total. The van der Waals surface area contributed by atoms with Crippen LogP contribution in [0.25, 0.3) is 22.3 Å². The lowest BCUT2D eigenvalue weighted by atomic mass is 9.81. The number of hydrogen-bond donors (Lipinski definition) is 0. The number of aryl methyl sites for hydroxylation is 1. The molecule has 108 valence electrons. The van der Waals surface area contributed by atoms with Gasteiger partial charge in [-0.2, -0.15) is 0 Å². The molecule has 0 unspecified atom stereocenters. The minimum Gasteiger partial charge on any atom is -0.265 e. The summed E-state index contributed by atoms with van der Waals surface area (Å²) in [7, 11) is 0. The van der Waals surface area contributed by atoms with Gasteiger partial charge in [-0.1, -0.05) is 44.2 Å². The number of fused-ring (bicyclic) bond motifs is 3. The predicted molar refractivity (Wildman–Crippen MR) is 92.0 cm³/mol. The van der Waals surface area contributed by atoms with E-state index in [9.17, 15) is 0 Å². The smallest absolute Gasteiger partial charge is 0.0273 e. The van der Waals surface area contributed by atoms with E-state index in [2.05, 4.69) is 74.3 Å². The highest BCUT2D eigenvalue weighted by atomic mass is 14.6. The molecule has 1 aliphatic carbocycles. The van der Waals surface area contributed by atoms with E-state index in [0.717, 1.165) is 0 Å². The van der Waals surface area contributed by atoms with Gasteiger partial charge in [-0.05, 0) is 64.1 Å². The van der Waals surface area contributed by atoms with Gasteiger partial charge in [0.1, 0.15) is 0 Å². The largest absolute Gasteiger partial charge is 0.265 e. The maximum Gasteiger partial charge on any atom is 0.0273 e. The summed E-state index contributed by atoms with van der Waals surface area (Å²) in [5, 5.41) is 0. The zero-order chi connectivity index (χ0) is 15.3.